The Hall–Kier alpha value is -2.47. The zero-order chi connectivity index (χ0) is 21.3. The number of hydrogen-bond acceptors (Lipinski definition) is 9. The van der Waals surface area contributed by atoms with Crippen LogP contribution in [0.1, 0.15) is 26.2 Å². The largest absolute Gasteiger partial charge is 0.497 e. The average Bonchev–Trinajstić information content (AvgIpc) is 3.17. The van der Waals surface area contributed by atoms with Gasteiger partial charge in [0.1, 0.15) is 16.7 Å². The molecule has 1 aromatic heterocycles. The summed E-state index contributed by atoms with van der Waals surface area (Å²) in [6.07, 6.45) is -1.50. The molecule has 2 unspecified atom stereocenters. The molecule has 0 aliphatic carbocycles. The van der Waals surface area contributed by atoms with Crippen LogP contribution in [0.15, 0.2) is 35.2 Å². The molecule has 0 bridgehead atoms. The fraction of sp³-hybridized carbons (Fsp3) is 0.333. The maximum Gasteiger partial charge on any atom is 0.348 e. The van der Waals surface area contributed by atoms with Gasteiger partial charge in [-0.15, -0.1) is 11.3 Å². The molecule has 29 heavy (non-hydrogen) atoms. The third kappa shape index (κ3) is 3.73. The van der Waals surface area contributed by atoms with Gasteiger partial charge in [0, 0.05) is 11.4 Å². The molecule has 0 radical (unpaired) electrons. The van der Waals surface area contributed by atoms with E-state index in [4.69, 9.17) is 9.47 Å². The molecular weight excluding hydrogens is 422 g/mol. The van der Waals surface area contributed by atoms with Crippen molar-refractivity contribution >= 4 is 33.3 Å². The minimum atomic E-state index is -4.18. The third-order valence-corrected chi connectivity index (χ3v) is 7.61. The van der Waals surface area contributed by atoms with Crippen LogP contribution in [0.3, 0.4) is 0 Å². The molecule has 0 saturated heterocycles. The topological polar surface area (TPSA) is 119 Å². The monoisotopic (exact) mass is 441 g/mol. The number of aliphatic hydroxyl groups is 1. The van der Waals surface area contributed by atoms with Crippen molar-refractivity contribution < 1.29 is 37.3 Å². The Morgan fingerprint density at radius 3 is 2.34 bits per heavy atom. The SMILES string of the molecule is COC(=O)c1cc2c(s1)C(O)C(C(=O)OC)N(S(=O)(=O)c1ccc(OC)cc1)C2. The summed E-state index contributed by atoms with van der Waals surface area (Å²) < 4.78 is 41.8. The number of aliphatic hydroxyl groups excluding tert-OH is 1. The lowest BCUT2D eigenvalue weighted by molar-refractivity contribution is -0.150. The van der Waals surface area contributed by atoms with Crippen LogP contribution in [0, 0.1) is 0 Å². The lowest BCUT2D eigenvalue weighted by Gasteiger charge is -2.35. The Balaban J connectivity index is 2.08. The molecule has 2 heterocycles. The number of rotatable bonds is 5. The maximum absolute atomic E-state index is 13.2. The molecule has 3 rings (SSSR count). The summed E-state index contributed by atoms with van der Waals surface area (Å²) >= 11 is 0.951. The van der Waals surface area contributed by atoms with Gasteiger partial charge in [-0.3, -0.25) is 4.79 Å². The number of esters is 2. The third-order valence-electron chi connectivity index (χ3n) is 4.54. The van der Waals surface area contributed by atoms with Crippen LogP contribution >= 0.6 is 11.3 Å². The highest BCUT2D eigenvalue weighted by atomic mass is 32.2. The van der Waals surface area contributed by atoms with E-state index in [0.717, 1.165) is 22.8 Å². The second kappa shape index (κ2) is 8.11. The first-order chi connectivity index (χ1) is 13.7. The second-order valence-corrected chi connectivity index (χ2v) is 9.10. The van der Waals surface area contributed by atoms with Crippen LogP contribution in [-0.2, 0) is 30.8 Å². The van der Waals surface area contributed by atoms with Gasteiger partial charge in [0.2, 0.25) is 10.0 Å². The Morgan fingerprint density at radius 1 is 1.14 bits per heavy atom. The molecule has 2 aromatic rings. The van der Waals surface area contributed by atoms with Crippen molar-refractivity contribution in [3.05, 3.63) is 45.6 Å². The number of sulfonamides is 1. The van der Waals surface area contributed by atoms with Crippen molar-refractivity contribution in [2.45, 2.75) is 23.6 Å². The molecule has 0 amide bonds. The lowest BCUT2D eigenvalue weighted by atomic mass is 10.0. The van der Waals surface area contributed by atoms with Crippen LogP contribution < -0.4 is 4.74 Å². The van der Waals surface area contributed by atoms with Gasteiger partial charge >= 0.3 is 11.9 Å². The van der Waals surface area contributed by atoms with Gasteiger partial charge in [0.25, 0.3) is 0 Å². The van der Waals surface area contributed by atoms with Crippen LogP contribution in [-0.4, -0.2) is 57.1 Å². The summed E-state index contributed by atoms with van der Waals surface area (Å²) in [6.45, 7) is -0.214. The van der Waals surface area contributed by atoms with Crippen LogP contribution in [0.4, 0.5) is 0 Å². The average molecular weight is 441 g/mol. The number of carbonyl (C=O) groups is 2. The highest BCUT2D eigenvalue weighted by Gasteiger charge is 2.47. The molecule has 0 spiro atoms. The smallest absolute Gasteiger partial charge is 0.348 e. The van der Waals surface area contributed by atoms with Crippen molar-refractivity contribution in [1.29, 1.82) is 0 Å². The zero-order valence-electron chi connectivity index (χ0n) is 15.8. The molecule has 156 valence electrons. The standard InChI is InChI=1S/C18H19NO8S2/c1-25-11-4-6-12(7-5-11)29(23,24)19-9-10-8-13(17(21)26-2)28-16(10)15(20)14(19)18(22)27-3/h4-8,14-15,20H,9H2,1-3H3. The molecule has 1 aliphatic rings. The van der Waals surface area contributed by atoms with Crippen molar-refractivity contribution in [2.75, 3.05) is 21.3 Å². The fourth-order valence-electron chi connectivity index (χ4n) is 3.07. The first-order valence-electron chi connectivity index (χ1n) is 8.37. The summed E-state index contributed by atoms with van der Waals surface area (Å²) in [5, 5.41) is 10.8. The van der Waals surface area contributed by atoms with Gasteiger partial charge in [-0.05, 0) is 35.9 Å². The van der Waals surface area contributed by atoms with Crippen molar-refractivity contribution in [3.63, 3.8) is 0 Å². The van der Waals surface area contributed by atoms with E-state index < -0.39 is 34.1 Å². The first kappa shape index (κ1) is 21.2. The number of carbonyl (C=O) groups excluding carboxylic acids is 2. The maximum atomic E-state index is 13.2. The van der Waals surface area contributed by atoms with Gasteiger partial charge in [-0.25, -0.2) is 13.2 Å². The normalized spacial score (nSPS) is 19.3. The number of hydrogen-bond donors (Lipinski definition) is 1. The van der Waals surface area contributed by atoms with Gasteiger partial charge in [-0.1, -0.05) is 0 Å². The molecule has 0 fully saturated rings. The quantitative estimate of drug-likeness (QED) is 0.690. The van der Waals surface area contributed by atoms with E-state index in [1.54, 1.807) is 0 Å². The van der Waals surface area contributed by atoms with E-state index in [-0.39, 0.29) is 16.3 Å². The van der Waals surface area contributed by atoms with E-state index >= 15 is 0 Å². The minimum Gasteiger partial charge on any atom is -0.497 e. The fourth-order valence-corrected chi connectivity index (χ4v) is 5.74. The summed E-state index contributed by atoms with van der Waals surface area (Å²) in [7, 11) is -0.399. The van der Waals surface area contributed by atoms with E-state index in [1.807, 2.05) is 0 Å². The minimum absolute atomic E-state index is 0.0775. The van der Waals surface area contributed by atoms with E-state index in [9.17, 15) is 23.1 Å². The molecular formula is C18H19NO8S2. The molecule has 2 atom stereocenters. The van der Waals surface area contributed by atoms with Gasteiger partial charge in [-0.2, -0.15) is 4.31 Å². The van der Waals surface area contributed by atoms with E-state index in [2.05, 4.69) is 4.74 Å². The van der Waals surface area contributed by atoms with Crippen molar-refractivity contribution in [3.8, 4) is 5.75 Å². The molecule has 1 N–H and O–H groups in total. The number of nitrogens with zero attached hydrogens (tertiary/aromatic N) is 1. The Kier molecular flexibility index (Phi) is 5.94. The summed E-state index contributed by atoms with van der Waals surface area (Å²) in [4.78, 5) is 24.7. The number of thiophene rings is 1. The number of fused-ring (bicyclic) bond motifs is 1. The number of ether oxygens (including phenoxy) is 3. The Bertz CT molecular complexity index is 1030. The van der Waals surface area contributed by atoms with Crippen LogP contribution in [0.5, 0.6) is 5.75 Å². The zero-order valence-corrected chi connectivity index (χ0v) is 17.5. The second-order valence-electron chi connectivity index (χ2n) is 6.13. The van der Waals surface area contributed by atoms with Crippen LogP contribution in [0.2, 0.25) is 0 Å². The summed E-state index contributed by atoms with van der Waals surface area (Å²) in [5.74, 6) is -1.06. The molecule has 9 nitrogen and oxygen atoms in total. The highest BCUT2D eigenvalue weighted by Crippen LogP contribution is 2.40. The Labute approximate surface area is 171 Å². The predicted octanol–water partition coefficient (Wildman–Crippen LogP) is 1.32. The van der Waals surface area contributed by atoms with Crippen molar-refractivity contribution in [2.24, 2.45) is 0 Å². The number of benzene rings is 1. The predicted molar refractivity (Wildman–Crippen MR) is 102 cm³/mol. The van der Waals surface area contributed by atoms with E-state index in [1.165, 1.54) is 44.6 Å². The van der Waals surface area contributed by atoms with Crippen molar-refractivity contribution in [1.82, 2.24) is 4.31 Å². The first-order valence-corrected chi connectivity index (χ1v) is 10.6. The van der Waals surface area contributed by atoms with Gasteiger partial charge < -0.3 is 19.3 Å². The molecule has 1 aromatic carbocycles. The van der Waals surface area contributed by atoms with Crippen LogP contribution in [0.25, 0.3) is 0 Å². The van der Waals surface area contributed by atoms with Gasteiger partial charge in [0.05, 0.1) is 26.2 Å². The summed E-state index contributed by atoms with van der Waals surface area (Å²) in [5.41, 5.74) is 0.417. The highest BCUT2D eigenvalue weighted by molar-refractivity contribution is 7.89. The lowest BCUT2D eigenvalue weighted by Crippen LogP contribution is -2.50. The Morgan fingerprint density at radius 2 is 1.79 bits per heavy atom. The molecule has 11 heteroatoms. The van der Waals surface area contributed by atoms with Gasteiger partial charge in [0.15, 0.2) is 6.04 Å². The summed E-state index contributed by atoms with van der Waals surface area (Å²) in [6, 6.07) is 5.61. The van der Waals surface area contributed by atoms with E-state index in [0.29, 0.717) is 16.2 Å². The molecule has 1 aliphatic heterocycles. The number of methoxy groups -OCH3 is 3. The molecule has 0 saturated carbocycles.